The zero-order chi connectivity index (χ0) is 18.7. The van der Waals surface area contributed by atoms with Gasteiger partial charge in [-0.25, -0.2) is 17.2 Å². The molecule has 0 N–H and O–H groups in total. The number of sulfonamides is 1. The lowest BCUT2D eigenvalue weighted by Gasteiger charge is -2.33. The summed E-state index contributed by atoms with van der Waals surface area (Å²) in [5, 5.41) is 1.91. The van der Waals surface area contributed by atoms with Gasteiger partial charge in [-0.3, -0.25) is 4.79 Å². The van der Waals surface area contributed by atoms with Gasteiger partial charge in [-0.2, -0.15) is 4.31 Å². The van der Waals surface area contributed by atoms with Crippen LogP contribution in [-0.2, 0) is 14.8 Å². The molecule has 138 valence electrons. The van der Waals surface area contributed by atoms with Gasteiger partial charge in [-0.05, 0) is 35.7 Å². The first-order valence-electron chi connectivity index (χ1n) is 7.83. The average Bonchev–Trinajstić information content (AvgIpc) is 3.15. The van der Waals surface area contributed by atoms with Crippen LogP contribution in [0.4, 0.5) is 8.78 Å². The normalized spacial score (nSPS) is 16.3. The van der Waals surface area contributed by atoms with Gasteiger partial charge in [0.15, 0.2) is 11.6 Å². The Hall–Kier alpha value is -2.10. The Labute approximate surface area is 154 Å². The Balaban J connectivity index is 1.64. The van der Waals surface area contributed by atoms with Crippen LogP contribution in [0.25, 0.3) is 6.08 Å². The first-order chi connectivity index (χ1) is 12.4. The van der Waals surface area contributed by atoms with Gasteiger partial charge >= 0.3 is 0 Å². The van der Waals surface area contributed by atoms with E-state index in [1.54, 1.807) is 11.0 Å². The van der Waals surface area contributed by atoms with Crippen molar-refractivity contribution in [2.45, 2.75) is 4.90 Å². The van der Waals surface area contributed by atoms with E-state index in [2.05, 4.69) is 0 Å². The number of benzene rings is 1. The van der Waals surface area contributed by atoms with Crippen LogP contribution in [0.2, 0.25) is 0 Å². The fraction of sp³-hybridized carbons (Fsp3) is 0.235. The highest BCUT2D eigenvalue weighted by Gasteiger charge is 2.30. The number of thiophene rings is 1. The molecule has 26 heavy (non-hydrogen) atoms. The topological polar surface area (TPSA) is 57.7 Å². The van der Waals surface area contributed by atoms with E-state index < -0.39 is 21.7 Å². The molecular formula is C17H16F2N2O3S2. The van der Waals surface area contributed by atoms with Crippen molar-refractivity contribution in [2.75, 3.05) is 26.2 Å². The van der Waals surface area contributed by atoms with Gasteiger partial charge in [0, 0.05) is 37.1 Å². The van der Waals surface area contributed by atoms with E-state index in [1.807, 2.05) is 17.5 Å². The zero-order valence-corrected chi connectivity index (χ0v) is 15.3. The first kappa shape index (κ1) is 18.7. The summed E-state index contributed by atoms with van der Waals surface area (Å²) in [6.45, 7) is 0.660. The lowest BCUT2D eigenvalue weighted by atomic mass is 10.3. The van der Waals surface area contributed by atoms with Gasteiger partial charge in [-0.1, -0.05) is 6.07 Å². The number of carbonyl (C=O) groups is 1. The predicted octanol–water partition coefficient (Wildman–Crippen LogP) is 2.57. The molecule has 1 aliphatic rings. The highest BCUT2D eigenvalue weighted by molar-refractivity contribution is 7.89. The molecule has 0 atom stereocenters. The van der Waals surface area contributed by atoms with E-state index in [1.165, 1.54) is 21.7 Å². The molecule has 1 aromatic heterocycles. The Morgan fingerprint density at radius 3 is 2.42 bits per heavy atom. The molecule has 1 saturated heterocycles. The minimum absolute atomic E-state index is 0.0971. The van der Waals surface area contributed by atoms with E-state index in [4.69, 9.17) is 0 Å². The monoisotopic (exact) mass is 398 g/mol. The van der Waals surface area contributed by atoms with Crippen molar-refractivity contribution >= 4 is 33.3 Å². The lowest BCUT2D eigenvalue weighted by molar-refractivity contribution is -0.127. The van der Waals surface area contributed by atoms with Crippen LogP contribution in [0.15, 0.2) is 46.7 Å². The SMILES string of the molecule is O=C(/C=C/c1cccs1)N1CCN(S(=O)(=O)c2ccc(F)c(F)c2)CC1. The summed E-state index contributed by atoms with van der Waals surface area (Å²) < 4.78 is 52.6. The van der Waals surface area contributed by atoms with Crippen LogP contribution in [0, 0.1) is 11.6 Å². The number of amides is 1. The van der Waals surface area contributed by atoms with Gasteiger partial charge in [-0.15, -0.1) is 11.3 Å². The van der Waals surface area contributed by atoms with Gasteiger partial charge in [0.25, 0.3) is 0 Å². The smallest absolute Gasteiger partial charge is 0.246 e. The number of piperazine rings is 1. The molecule has 1 aliphatic heterocycles. The average molecular weight is 398 g/mol. The standard InChI is InChI=1S/C17H16F2N2O3S2/c18-15-5-4-14(12-16(15)19)26(23,24)21-9-7-20(8-10-21)17(22)6-3-13-2-1-11-25-13/h1-6,11-12H,7-10H2/b6-3+. The molecule has 0 spiro atoms. The van der Waals surface area contributed by atoms with Crippen LogP contribution in [0.3, 0.4) is 0 Å². The molecular weight excluding hydrogens is 382 g/mol. The van der Waals surface area contributed by atoms with Crippen LogP contribution in [0.5, 0.6) is 0 Å². The van der Waals surface area contributed by atoms with E-state index >= 15 is 0 Å². The Kier molecular flexibility index (Phi) is 5.49. The summed E-state index contributed by atoms with van der Waals surface area (Å²) in [6.07, 6.45) is 3.18. The number of hydrogen-bond acceptors (Lipinski definition) is 4. The molecule has 0 unspecified atom stereocenters. The molecule has 0 saturated carbocycles. The highest BCUT2D eigenvalue weighted by Crippen LogP contribution is 2.20. The third kappa shape index (κ3) is 4.00. The third-order valence-electron chi connectivity index (χ3n) is 4.01. The summed E-state index contributed by atoms with van der Waals surface area (Å²) in [6, 6.07) is 6.27. The molecule has 2 heterocycles. The van der Waals surface area contributed by atoms with Crippen molar-refractivity contribution in [2.24, 2.45) is 0 Å². The summed E-state index contributed by atoms with van der Waals surface area (Å²) in [5.41, 5.74) is 0. The Bertz CT molecular complexity index is 919. The van der Waals surface area contributed by atoms with Gasteiger partial charge < -0.3 is 4.90 Å². The van der Waals surface area contributed by atoms with Gasteiger partial charge in [0.05, 0.1) is 4.90 Å². The molecule has 0 radical (unpaired) electrons. The predicted molar refractivity (Wildman–Crippen MR) is 95.0 cm³/mol. The lowest BCUT2D eigenvalue weighted by Crippen LogP contribution is -2.50. The van der Waals surface area contributed by atoms with Crippen molar-refractivity contribution in [3.63, 3.8) is 0 Å². The number of halogens is 2. The molecule has 5 nitrogen and oxygen atoms in total. The van der Waals surface area contributed by atoms with Crippen LogP contribution in [0.1, 0.15) is 4.88 Å². The minimum Gasteiger partial charge on any atom is -0.337 e. The first-order valence-corrected chi connectivity index (χ1v) is 10.2. The Morgan fingerprint density at radius 2 is 1.81 bits per heavy atom. The van der Waals surface area contributed by atoms with Crippen LogP contribution >= 0.6 is 11.3 Å². The van der Waals surface area contributed by atoms with Crippen molar-refractivity contribution in [3.8, 4) is 0 Å². The maximum Gasteiger partial charge on any atom is 0.246 e. The van der Waals surface area contributed by atoms with Crippen molar-refractivity contribution < 1.29 is 22.0 Å². The summed E-state index contributed by atoms with van der Waals surface area (Å²) >= 11 is 1.51. The number of hydrogen-bond donors (Lipinski definition) is 0. The van der Waals surface area contributed by atoms with Gasteiger partial charge in [0.1, 0.15) is 0 Å². The quantitative estimate of drug-likeness (QED) is 0.744. The molecule has 0 aliphatic carbocycles. The summed E-state index contributed by atoms with van der Waals surface area (Å²) in [4.78, 5) is 14.4. The van der Waals surface area contributed by atoms with Crippen LogP contribution < -0.4 is 0 Å². The number of rotatable bonds is 4. The number of carbonyl (C=O) groups excluding carboxylic acids is 1. The van der Waals surface area contributed by atoms with Gasteiger partial charge in [0.2, 0.25) is 15.9 Å². The molecule has 3 rings (SSSR count). The van der Waals surface area contributed by atoms with Crippen molar-refractivity contribution in [1.29, 1.82) is 0 Å². The molecule has 9 heteroatoms. The van der Waals surface area contributed by atoms with Crippen molar-refractivity contribution in [3.05, 3.63) is 58.3 Å². The number of nitrogens with zero attached hydrogens (tertiary/aromatic N) is 2. The maximum atomic E-state index is 13.3. The molecule has 1 fully saturated rings. The summed E-state index contributed by atoms with van der Waals surface area (Å²) in [7, 11) is -3.93. The summed E-state index contributed by atoms with van der Waals surface area (Å²) in [5.74, 6) is -2.50. The van der Waals surface area contributed by atoms with E-state index in [0.717, 1.165) is 17.0 Å². The zero-order valence-electron chi connectivity index (χ0n) is 13.6. The second-order valence-corrected chi connectivity index (χ2v) is 8.57. The van der Waals surface area contributed by atoms with E-state index in [0.29, 0.717) is 6.07 Å². The second kappa shape index (κ2) is 7.65. The van der Waals surface area contributed by atoms with E-state index in [-0.39, 0.29) is 37.0 Å². The molecule has 1 amide bonds. The second-order valence-electron chi connectivity index (χ2n) is 5.65. The molecule has 0 bridgehead atoms. The maximum absolute atomic E-state index is 13.3. The fourth-order valence-electron chi connectivity index (χ4n) is 2.58. The van der Waals surface area contributed by atoms with Crippen LogP contribution in [-0.4, -0.2) is 49.7 Å². The molecule has 1 aromatic carbocycles. The molecule has 2 aromatic rings. The Morgan fingerprint density at radius 1 is 1.08 bits per heavy atom. The van der Waals surface area contributed by atoms with Crippen molar-refractivity contribution in [1.82, 2.24) is 9.21 Å². The largest absolute Gasteiger partial charge is 0.337 e. The van der Waals surface area contributed by atoms with E-state index in [9.17, 15) is 22.0 Å². The minimum atomic E-state index is -3.93. The fourth-order valence-corrected chi connectivity index (χ4v) is 4.63. The third-order valence-corrected chi connectivity index (χ3v) is 6.74. The highest BCUT2D eigenvalue weighted by atomic mass is 32.2.